The van der Waals surface area contributed by atoms with Crippen LogP contribution >= 0.6 is 0 Å². The summed E-state index contributed by atoms with van der Waals surface area (Å²) in [7, 11) is 0. The molecule has 0 spiro atoms. The molecule has 5 heteroatoms. The zero-order chi connectivity index (χ0) is 34.5. The minimum absolute atomic E-state index is 0.0621. The monoisotopic (exact) mass is 668 g/mol. The molecule has 48 heavy (non-hydrogen) atoms. The zero-order valence-electron chi connectivity index (χ0n) is 31.4. The number of allylic oxidation sites excluding steroid dienone is 1. The molecular weight excluding hydrogens is 594 g/mol. The molecule has 2 unspecified atom stereocenters. The highest BCUT2D eigenvalue weighted by molar-refractivity contribution is 5.69. The van der Waals surface area contributed by atoms with Crippen molar-refractivity contribution in [2.75, 3.05) is 32.8 Å². The highest BCUT2D eigenvalue weighted by Crippen LogP contribution is 2.33. The fourth-order valence-electron chi connectivity index (χ4n) is 7.74. The van der Waals surface area contributed by atoms with Gasteiger partial charge in [0.05, 0.1) is 13.2 Å². The summed E-state index contributed by atoms with van der Waals surface area (Å²) < 4.78 is 11.6. The van der Waals surface area contributed by atoms with Gasteiger partial charge < -0.3 is 14.4 Å². The molecule has 0 amide bonds. The summed E-state index contributed by atoms with van der Waals surface area (Å²) in [6, 6.07) is 0. The lowest BCUT2D eigenvalue weighted by Gasteiger charge is -2.26. The summed E-state index contributed by atoms with van der Waals surface area (Å²) in [6.45, 7) is 12.9. The molecule has 0 aromatic heterocycles. The number of unbranched alkanes of at least 4 members (excludes halogenated alkanes) is 4. The van der Waals surface area contributed by atoms with Crippen LogP contribution in [0, 0.1) is 17.8 Å². The van der Waals surface area contributed by atoms with E-state index in [0.717, 1.165) is 83.0 Å². The van der Waals surface area contributed by atoms with Crippen LogP contribution in [0.3, 0.4) is 0 Å². The number of likely N-dealkylation sites (tertiary alicyclic amines) is 1. The molecule has 0 aliphatic carbocycles. The average Bonchev–Trinajstić information content (AvgIpc) is 3.59. The van der Waals surface area contributed by atoms with Crippen molar-refractivity contribution in [1.29, 1.82) is 0 Å². The highest BCUT2D eigenvalue weighted by Gasteiger charge is 2.24. The smallest absolute Gasteiger partial charge is 0.305 e. The molecule has 0 radical (unpaired) electrons. The Hall–Kier alpha value is -2.02. The van der Waals surface area contributed by atoms with Crippen LogP contribution in [0.2, 0.25) is 0 Å². The Kier molecular flexibility index (Phi) is 25.3. The molecule has 2 saturated heterocycles. The number of carbonyl (C=O) groups is 2. The molecule has 5 nitrogen and oxygen atoms in total. The van der Waals surface area contributed by atoms with Crippen molar-refractivity contribution in [2.45, 2.75) is 181 Å². The van der Waals surface area contributed by atoms with Gasteiger partial charge in [-0.2, -0.15) is 0 Å². The van der Waals surface area contributed by atoms with Gasteiger partial charge in [0, 0.05) is 19.4 Å². The number of carbonyl (C=O) groups excluding carboxylic acids is 2. The first kappa shape index (κ1) is 42.1. The quantitative estimate of drug-likeness (QED) is 0.132. The Bertz CT molecular complexity index is 913. The van der Waals surface area contributed by atoms with E-state index in [1.54, 1.807) is 0 Å². The van der Waals surface area contributed by atoms with Crippen LogP contribution in [0.1, 0.15) is 181 Å². The molecule has 2 aliphatic heterocycles. The molecule has 2 fully saturated rings. The van der Waals surface area contributed by atoms with Crippen LogP contribution < -0.4 is 0 Å². The second-order valence-corrected chi connectivity index (χ2v) is 14.8. The van der Waals surface area contributed by atoms with Gasteiger partial charge in [-0.25, -0.2) is 0 Å². The van der Waals surface area contributed by atoms with Gasteiger partial charge in [0.2, 0.25) is 0 Å². The van der Waals surface area contributed by atoms with Gasteiger partial charge in [-0.3, -0.25) is 9.59 Å². The van der Waals surface area contributed by atoms with E-state index < -0.39 is 0 Å². The van der Waals surface area contributed by atoms with Crippen molar-refractivity contribution >= 4 is 11.9 Å². The van der Waals surface area contributed by atoms with Gasteiger partial charge in [0.25, 0.3) is 0 Å². The molecule has 0 aromatic rings. The molecule has 274 valence electrons. The highest BCUT2D eigenvalue weighted by atomic mass is 16.5. The van der Waals surface area contributed by atoms with E-state index in [-0.39, 0.29) is 23.8 Å². The molecule has 0 saturated carbocycles. The van der Waals surface area contributed by atoms with Gasteiger partial charge >= 0.3 is 11.9 Å². The van der Waals surface area contributed by atoms with Gasteiger partial charge in [0.1, 0.15) is 0 Å². The Labute approximate surface area is 296 Å². The number of hydrogen-bond donors (Lipinski definition) is 0. The Morgan fingerprint density at radius 2 is 1.12 bits per heavy atom. The summed E-state index contributed by atoms with van der Waals surface area (Å²) in [5.41, 5.74) is 10.5. The molecule has 0 bridgehead atoms. The zero-order valence-corrected chi connectivity index (χ0v) is 31.4. The first-order chi connectivity index (χ1) is 23.6. The van der Waals surface area contributed by atoms with Gasteiger partial charge in [-0.05, 0) is 113 Å². The average molecular weight is 668 g/mol. The molecule has 2 rings (SSSR count). The van der Waals surface area contributed by atoms with Crippen LogP contribution in [-0.4, -0.2) is 49.7 Å². The number of ether oxygens (including phenoxy) is 2. The third-order valence-electron chi connectivity index (χ3n) is 10.6. The van der Waals surface area contributed by atoms with Crippen LogP contribution in [0.25, 0.3) is 0 Å². The Morgan fingerprint density at radius 1 is 0.646 bits per heavy atom. The SMILES string of the molecule is C=C=C=C=C1C(CCCCC)CCOC(=O)CCCCCCCC(CN2CCCC2)CCCCCCCC(=O)OCCC1CCCCC. The first-order valence-electron chi connectivity index (χ1n) is 20.5. The Morgan fingerprint density at radius 3 is 1.60 bits per heavy atom. The van der Waals surface area contributed by atoms with E-state index in [0.29, 0.717) is 26.1 Å². The second kappa shape index (κ2) is 28.8. The van der Waals surface area contributed by atoms with Crippen LogP contribution in [0.5, 0.6) is 0 Å². The summed E-state index contributed by atoms with van der Waals surface area (Å²) in [4.78, 5) is 28.1. The lowest BCUT2D eigenvalue weighted by Crippen LogP contribution is -2.26. The van der Waals surface area contributed by atoms with Crippen molar-refractivity contribution in [3.63, 3.8) is 0 Å². The maximum Gasteiger partial charge on any atom is 0.305 e. The van der Waals surface area contributed by atoms with E-state index in [4.69, 9.17) is 9.47 Å². The summed E-state index contributed by atoms with van der Waals surface area (Å²) >= 11 is 0. The van der Waals surface area contributed by atoms with Crippen molar-refractivity contribution in [1.82, 2.24) is 4.90 Å². The molecule has 2 atom stereocenters. The molecule has 2 aliphatic rings. The van der Waals surface area contributed by atoms with Crippen molar-refractivity contribution in [3.05, 3.63) is 29.3 Å². The van der Waals surface area contributed by atoms with E-state index >= 15 is 0 Å². The number of rotatable bonds is 10. The maximum absolute atomic E-state index is 12.7. The van der Waals surface area contributed by atoms with Crippen molar-refractivity contribution in [2.24, 2.45) is 17.8 Å². The van der Waals surface area contributed by atoms with E-state index in [9.17, 15) is 9.59 Å². The molecule has 2 heterocycles. The first-order valence-corrected chi connectivity index (χ1v) is 20.5. The summed E-state index contributed by atoms with van der Waals surface area (Å²) in [6.07, 6.45) is 28.7. The maximum atomic E-state index is 12.7. The van der Waals surface area contributed by atoms with E-state index in [1.807, 2.05) is 0 Å². The lowest BCUT2D eigenvalue weighted by molar-refractivity contribution is -0.144. The van der Waals surface area contributed by atoms with Crippen LogP contribution in [0.15, 0.2) is 29.3 Å². The normalized spacial score (nSPS) is 24.5. The number of nitrogens with zero attached hydrogens (tertiary/aromatic N) is 1. The van der Waals surface area contributed by atoms with Crippen LogP contribution in [0.4, 0.5) is 0 Å². The third-order valence-corrected chi connectivity index (χ3v) is 10.6. The molecule has 0 N–H and O–H groups in total. The van der Waals surface area contributed by atoms with E-state index in [2.05, 4.69) is 42.5 Å². The van der Waals surface area contributed by atoms with E-state index in [1.165, 1.54) is 102 Å². The number of cyclic esters (lactones) is 2. The van der Waals surface area contributed by atoms with Gasteiger partial charge in [-0.1, -0.05) is 115 Å². The van der Waals surface area contributed by atoms with Crippen LogP contribution in [-0.2, 0) is 19.1 Å². The largest absolute Gasteiger partial charge is 0.466 e. The van der Waals surface area contributed by atoms with Gasteiger partial charge in [-0.15, -0.1) is 0 Å². The second-order valence-electron chi connectivity index (χ2n) is 14.8. The third kappa shape index (κ3) is 20.5. The fourth-order valence-corrected chi connectivity index (χ4v) is 7.74. The van der Waals surface area contributed by atoms with Gasteiger partial charge in [0.15, 0.2) is 0 Å². The predicted molar refractivity (Wildman–Crippen MR) is 200 cm³/mol. The predicted octanol–water partition coefficient (Wildman–Crippen LogP) is 11.5. The number of esters is 2. The standard InChI is InChI=1S/C43H73NO4/c1-4-7-16-26-39-31-35-47-42(45)29-20-14-10-12-18-24-38(37-44-33-22-23-34-44)25-19-13-11-15-21-30-43(46)48-36-32-40(27-17-8-5-2)41(39)28-9-6-3/h38-40H,3-5,7-8,10-27,29-37H2,1-2H3. The van der Waals surface area contributed by atoms with Crippen molar-refractivity contribution < 1.29 is 19.1 Å². The summed E-state index contributed by atoms with van der Waals surface area (Å²) in [5.74, 6) is 1.18. The molecule has 0 aromatic carbocycles. The fraction of sp³-hybridized carbons (Fsp3) is 0.837. The summed E-state index contributed by atoms with van der Waals surface area (Å²) in [5, 5.41) is 0. The topological polar surface area (TPSA) is 55.8 Å². The van der Waals surface area contributed by atoms with Crippen molar-refractivity contribution in [3.8, 4) is 0 Å². The Balaban J connectivity index is 2.07. The molecular formula is C43H73NO4. The number of hydrogen-bond acceptors (Lipinski definition) is 5. The lowest BCUT2D eigenvalue weighted by atomic mass is 9.79. The minimum Gasteiger partial charge on any atom is -0.466 e. The minimum atomic E-state index is -0.0621.